The summed E-state index contributed by atoms with van der Waals surface area (Å²) in [5.74, 6) is 0.839. The van der Waals surface area contributed by atoms with E-state index in [2.05, 4.69) is 34.9 Å². The smallest absolute Gasteiger partial charge is 0.318 e. The van der Waals surface area contributed by atoms with E-state index in [1.54, 1.807) is 4.90 Å². The van der Waals surface area contributed by atoms with Crippen molar-refractivity contribution in [2.24, 2.45) is 5.92 Å². The minimum atomic E-state index is -0.562. The molecule has 4 atom stereocenters. The van der Waals surface area contributed by atoms with Gasteiger partial charge in [0.25, 0.3) is 0 Å². The predicted octanol–water partition coefficient (Wildman–Crippen LogP) is 2.60. The second kappa shape index (κ2) is 6.41. The lowest BCUT2D eigenvalue weighted by atomic mass is 9.92. The Morgan fingerprint density at radius 2 is 1.85 bits per heavy atom. The molecule has 5 rings (SSSR count). The van der Waals surface area contributed by atoms with Crippen molar-refractivity contribution >= 4 is 11.9 Å². The zero-order chi connectivity index (χ0) is 18.4. The Morgan fingerprint density at radius 3 is 2.70 bits per heavy atom. The van der Waals surface area contributed by atoms with Crippen LogP contribution < -0.4 is 10.6 Å². The fraction of sp³-hybridized carbons (Fsp3) is 0.364. The van der Waals surface area contributed by atoms with Gasteiger partial charge in [-0.15, -0.1) is 0 Å². The predicted molar refractivity (Wildman–Crippen MR) is 102 cm³/mol. The Kier molecular flexibility index (Phi) is 3.88. The number of hydrogen-bond acceptors (Lipinski definition) is 2. The van der Waals surface area contributed by atoms with Crippen molar-refractivity contribution in [3.05, 3.63) is 71.3 Å². The monoisotopic (exact) mass is 361 g/mol. The molecule has 4 unspecified atom stereocenters. The standard InChI is InChI=1S/C22H23N3O2/c26-21-20(15-7-2-1-3-8-15)25(13-12-23-21)22(27)24-19-17-11-10-14-6-4-5-9-16(14)18(17)19/h1-9,17-20H,10-13H2,(H,23,26)(H,24,27). The van der Waals surface area contributed by atoms with Crippen LogP contribution in [0.3, 0.4) is 0 Å². The summed E-state index contributed by atoms with van der Waals surface area (Å²) in [6.07, 6.45) is 2.21. The molecule has 0 radical (unpaired) electrons. The van der Waals surface area contributed by atoms with Gasteiger partial charge in [0.1, 0.15) is 6.04 Å². The lowest BCUT2D eigenvalue weighted by molar-refractivity contribution is -0.127. The van der Waals surface area contributed by atoms with Crippen LogP contribution in [-0.2, 0) is 11.2 Å². The quantitative estimate of drug-likeness (QED) is 0.864. The fourth-order valence-corrected chi connectivity index (χ4v) is 4.84. The summed E-state index contributed by atoms with van der Waals surface area (Å²) >= 11 is 0. The largest absolute Gasteiger partial charge is 0.352 e. The number of nitrogens with zero attached hydrogens (tertiary/aromatic N) is 1. The summed E-state index contributed by atoms with van der Waals surface area (Å²) < 4.78 is 0. The number of hydrogen-bond donors (Lipinski definition) is 2. The van der Waals surface area contributed by atoms with E-state index in [-0.39, 0.29) is 18.0 Å². The SMILES string of the molecule is O=C1NCCN(C(=O)NC2C3CCc4ccccc4C32)C1c1ccccc1. The number of urea groups is 1. The zero-order valence-electron chi connectivity index (χ0n) is 15.1. The first-order valence-corrected chi connectivity index (χ1v) is 9.71. The number of carbonyl (C=O) groups excluding carboxylic acids is 2. The maximum absolute atomic E-state index is 13.1. The van der Waals surface area contributed by atoms with Crippen molar-refractivity contribution < 1.29 is 9.59 Å². The Labute approximate surface area is 158 Å². The fourth-order valence-electron chi connectivity index (χ4n) is 4.84. The van der Waals surface area contributed by atoms with Crippen molar-refractivity contribution in [3.63, 3.8) is 0 Å². The minimum absolute atomic E-state index is 0.110. The van der Waals surface area contributed by atoms with Crippen molar-refractivity contribution in [3.8, 4) is 0 Å². The average molecular weight is 361 g/mol. The summed E-state index contributed by atoms with van der Waals surface area (Å²) in [6, 6.07) is 17.6. The summed E-state index contributed by atoms with van der Waals surface area (Å²) in [5.41, 5.74) is 3.65. The Balaban J connectivity index is 1.34. The number of aryl methyl sites for hydroxylation is 1. The molecule has 0 spiro atoms. The third-order valence-corrected chi connectivity index (χ3v) is 6.21. The maximum Gasteiger partial charge on any atom is 0.318 e. The highest BCUT2D eigenvalue weighted by atomic mass is 16.2. The van der Waals surface area contributed by atoms with E-state index < -0.39 is 6.04 Å². The summed E-state index contributed by atoms with van der Waals surface area (Å²) in [5, 5.41) is 6.12. The van der Waals surface area contributed by atoms with Gasteiger partial charge < -0.3 is 15.5 Å². The Morgan fingerprint density at radius 1 is 1.07 bits per heavy atom. The van der Waals surface area contributed by atoms with Gasteiger partial charge in [0, 0.05) is 25.0 Å². The lowest BCUT2D eigenvalue weighted by Gasteiger charge is -2.35. The third-order valence-electron chi connectivity index (χ3n) is 6.21. The molecule has 138 valence electrons. The number of carbonyl (C=O) groups is 2. The van der Waals surface area contributed by atoms with E-state index in [0.29, 0.717) is 24.9 Å². The lowest BCUT2D eigenvalue weighted by Crippen LogP contribution is -2.55. The highest BCUT2D eigenvalue weighted by Crippen LogP contribution is 2.54. The Bertz CT molecular complexity index is 882. The van der Waals surface area contributed by atoms with Crippen LogP contribution in [0.2, 0.25) is 0 Å². The molecule has 1 saturated heterocycles. The number of piperazine rings is 1. The first-order chi connectivity index (χ1) is 13.2. The van der Waals surface area contributed by atoms with Gasteiger partial charge in [-0.25, -0.2) is 4.79 Å². The molecule has 5 heteroatoms. The van der Waals surface area contributed by atoms with E-state index in [0.717, 1.165) is 18.4 Å². The van der Waals surface area contributed by atoms with Crippen molar-refractivity contribution in [1.82, 2.24) is 15.5 Å². The average Bonchev–Trinajstić information content (AvgIpc) is 3.41. The molecule has 3 aliphatic rings. The maximum atomic E-state index is 13.1. The van der Waals surface area contributed by atoms with Crippen LogP contribution in [0.25, 0.3) is 0 Å². The van der Waals surface area contributed by atoms with Crippen LogP contribution in [0, 0.1) is 5.92 Å². The van der Waals surface area contributed by atoms with Gasteiger partial charge in [0.15, 0.2) is 0 Å². The molecular formula is C22H23N3O2. The molecular weight excluding hydrogens is 338 g/mol. The third kappa shape index (κ3) is 2.78. The van der Waals surface area contributed by atoms with Gasteiger partial charge in [-0.1, -0.05) is 54.6 Å². The molecule has 5 nitrogen and oxygen atoms in total. The van der Waals surface area contributed by atoms with Crippen molar-refractivity contribution in [1.29, 1.82) is 0 Å². The molecule has 0 bridgehead atoms. The minimum Gasteiger partial charge on any atom is -0.352 e. The molecule has 1 aliphatic heterocycles. The van der Waals surface area contributed by atoms with Gasteiger partial charge in [-0.2, -0.15) is 0 Å². The first-order valence-electron chi connectivity index (χ1n) is 9.71. The second-order valence-corrected chi connectivity index (χ2v) is 7.70. The molecule has 3 amide bonds. The number of rotatable bonds is 2. The van der Waals surface area contributed by atoms with Crippen LogP contribution in [0.1, 0.15) is 35.1 Å². The normalized spacial score (nSPS) is 28.6. The topological polar surface area (TPSA) is 61.4 Å². The number of amides is 3. The molecule has 1 saturated carbocycles. The van der Waals surface area contributed by atoms with Crippen LogP contribution in [0.5, 0.6) is 0 Å². The van der Waals surface area contributed by atoms with Gasteiger partial charge in [0.05, 0.1) is 0 Å². The molecule has 0 aromatic heterocycles. The van der Waals surface area contributed by atoms with Crippen LogP contribution in [0.4, 0.5) is 4.79 Å². The molecule has 27 heavy (non-hydrogen) atoms. The van der Waals surface area contributed by atoms with Gasteiger partial charge in [-0.3, -0.25) is 4.79 Å². The van der Waals surface area contributed by atoms with E-state index in [1.165, 1.54) is 11.1 Å². The zero-order valence-corrected chi connectivity index (χ0v) is 15.1. The Hall–Kier alpha value is -2.82. The van der Waals surface area contributed by atoms with Crippen LogP contribution in [-0.4, -0.2) is 36.0 Å². The molecule has 2 N–H and O–H groups in total. The summed E-state index contributed by atoms with van der Waals surface area (Å²) in [4.78, 5) is 27.2. The van der Waals surface area contributed by atoms with Crippen LogP contribution >= 0.6 is 0 Å². The molecule has 1 heterocycles. The molecule has 2 aromatic rings. The highest BCUT2D eigenvalue weighted by molar-refractivity contribution is 5.89. The van der Waals surface area contributed by atoms with Crippen LogP contribution in [0.15, 0.2) is 54.6 Å². The molecule has 2 aromatic carbocycles. The second-order valence-electron chi connectivity index (χ2n) is 7.70. The van der Waals surface area contributed by atoms with Gasteiger partial charge in [-0.05, 0) is 35.4 Å². The van der Waals surface area contributed by atoms with E-state index >= 15 is 0 Å². The first kappa shape index (κ1) is 16.4. The summed E-state index contributed by atoms with van der Waals surface area (Å²) in [6.45, 7) is 1.02. The number of benzene rings is 2. The molecule has 2 aliphatic carbocycles. The highest BCUT2D eigenvalue weighted by Gasteiger charge is 2.54. The van der Waals surface area contributed by atoms with Gasteiger partial charge >= 0.3 is 6.03 Å². The molecule has 2 fully saturated rings. The van der Waals surface area contributed by atoms with E-state index in [9.17, 15) is 9.59 Å². The van der Waals surface area contributed by atoms with Crippen molar-refractivity contribution in [2.75, 3.05) is 13.1 Å². The van der Waals surface area contributed by atoms with E-state index in [4.69, 9.17) is 0 Å². The number of nitrogens with one attached hydrogen (secondary N) is 2. The van der Waals surface area contributed by atoms with Gasteiger partial charge in [0.2, 0.25) is 5.91 Å². The van der Waals surface area contributed by atoms with E-state index in [1.807, 2.05) is 30.3 Å². The van der Waals surface area contributed by atoms with Crippen molar-refractivity contribution in [2.45, 2.75) is 30.8 Å². The summed E-state index contributed by atoms with van der Waals surface area (Å²) in [7, 11) is 0. The number of fused-ring (bicyclic) bond motifs is 3.